The monoisotopic (exact) mass is 425 g/mol. The van der Waals surface area contributed by atoms with Gasteiger partial charge in [0.05, 0.1) is 10.7 Å². The first-order valence-electron chi connectivity index (χ1n) is 9.27. The zero-order chi connectivity index (χ0) is 20.6. The van der Waals surface area contributed by atoms with Gasteiger partial charge in [-0.15, -0.1) is 23.1 Å². The van der Waals surface area contributed by atoms with E-state index in [1.807, 2.05) is 49.4 Å². The highest BCUT2D eigenvalue weighted by molar-refractivity contribution is 7.98. The normalized spacial score (nSPS) is 11.7. The van der Waals surface area contributed by atoms with Crippen LogP contribution in [-0.2, 0) is 17.1 Å². The molecule has 1 aromatic heterocycles. The van der Waals surface area contributed by atoms with Crippen LogP contribution in [0.3, 0.4) is 0 Å². The van der Waals surface area contributed by atoms with E-state index in [2.05, 4.69) is 21.0 Å². The lowest BCUT2D eigenvalue weighted by Crippen LogP contribution is -2.44. The molecule has 0 bridgehead atoms. The molecule has 29 heavy (non-hydrogen) atoms. The Kier molecular flexibility index (Phi) is 7.43. The highest BCUT2D eigenvalue weighted by atomic mass is 32.2. The van der Waals surface area contributed by atoms with Gasteiger partial charge in [0.2, 0.25) is 5.91 Å². The van der Waals surface area contributed by atoms with Gasteiger partial charge in [-0.3, -0.25) is 9.59 Å². The number of thioether (sulfide) groups is 1. The largest absolute Gasteiger partial charge is 0.350 e. The molecule has 1 unspecified atom stereocenters. The van der Waals surface area contributed by atoms with Crippen molar-refractivity contribution in [2.45, 2.75) is 37.1 Å². The summed E-state index contributed by atoms with van der Waals surface area (Å²) in [5.74, 6) is 0.320. The van der Waals surface area contributed by atoms with Crippen molar-refractivity contribution in [1.29, 1.82) is 0 Å². The van der Waals surface area contributed by atoms with E-state index < -0.39 is 6.04 Å². The van der Waals surface area contributed by atoms with Gasteiger partial charge in [0, 0.05) is 28.1 Å². The summed E-state index contributed by atoms with van der Waals surface area (Å²) in [6.07, 6.45) is 0. The van der Waals surface area contributed by atoms with Crippen LogP contribution in [-0.4, -0.2) is 22.8 Å². The Labute approximate surface area is 179 Å². The summed E-state index contributed by atoms with van der Waals surface area (Å²) in [5, 5.41) is 8.71. The fraction of sp³-hybridized carbons (Fsp3) is 0.227. The zero-order valence-corrected chi connectivity index (χ0v) is 18.0. The predicted octanol–water partition coefficient (Wildman–Crippen LogP) is 4.18. The van der Waals surface area contributed by atoms with E-state index in [0.29, 0.717) is 12.1 Å². The minimum Gasteiger partial charge on any atom is -0.350 e. The van der Waals surface area contributed by atoms with E-state index in [4.69, 9.17) is 0 Å². The van der Waals surface area contributed by atoms with Gasteiger partial charge in [0.15, 0.2) is 0 Å². The third kappa shape index (κ3) is 6.44. The van der Waals surface area contributed by atoms with E-state index in [1.165, 1.54) is 0 Å². The molecule has 0 aliphatic carbocycles. The summed E-state index contributed by atoms with van der Waals surface area (Å²) in [4.78, 5) is 30.2. The Morgan fingerprint density at radius 2 is 1.83 bits per heavy atom. The summed E-state index contributed by atoms with van der Waals surface area (Å²) in [5.41, 5.74) is 2.61. The van der Waals surface area contributed by atoms with Crippen molar-refractivity contribution >= 4 is 34.9 Å². The number of thiazole rings is 1. The molecule has 0 saturated heterocycles. The van der Waals surface area contributed by atoms with E-state index >= 15 is 0 Å². The van der Waals surface area contributed by atoms with Crippen LogP contribution < -0.4 is 10.6 Å². The molecule has 0 radical (unpaired) electrons. The Hall–Kier alpha value is -2.64. The van der Waals surface area contributed by atoms with Crippen molar-refractivity contribution in [3.63, 3.8) is 0 Å². The van der Waals surface area contributed by atoms with Crippen molar-refractivity contribution in [2.24, 2.45) is 0 Å². The number of carbonyl (C=O) groups is 2. The summed E-state index contributed by atoms with van der Waals surface area (Å²) in [7, 11) is 0. The minimum absolute atomic E-state index is 0.215. The number of carbonyl (C=O) groups excluding carboxylic acids is 2. The lowest BCUT2D eigenvalue weighted by Gasteiger charge is -2.14. The molecule has 1 heterocycles. The van der Waals surface area contributed by atoms with Crippen LogP contribution in [0, 0.1) is 6.92 Å². The SMILES string of the molecule is Cc1nc(CSc2ccc(C(=O)NC(C)C(=O)NCc3ccccc3)cc2)cs1. The van der Waals surface area contributed by atoms with Gasteiger partial charge < -0.3 is 10.6 Å². The second-order valence-corrected chi connectivity index (χ2v) is 8.68. The number of aromatic nitrogens is 1. The van der Waals surface area contributed by atoms with Crippen molar-refractivity contribution in [3.05, 3.63) is 81.8 Å². The molecule has 1 atom stereocenters. The Bertz CT molecular complexity index is 956. The first-order chi connectivity index (χ1) is 14.0. The van der Waals surface area contributed by atoms with Crippen LogP contribution in [0.25, 0.3) is 0 Å². The van der Waals surface area contributed by atoms with Gasteiger partial charge in [-0.25, -0.2) is 4.98 Å². The first-order valence-corrected chi connectivity index (χ1v) is 11.1. The molecule has 2 amide bonds. The quantitative estimate of drug-likeness (QED) is 0.531. The Morgan fingerprint density at radius 3 is 2.48 bits per heavy atom. The van der Waals surface area contributed by atoms with Crippen molar-refractivity contribution in [2.75, 3.05) is 0 Å². The fourth-order valence-electron chi connectivity index (χ4n) is 2.62. The topological polar surface area (TPSA) is 71.1 Å². The van der Waals surface area contributed by atoms with Crippen molar-refractivity contribution in [3.8, 4) is 0 Å². The molecule has 7 heteroatoms. The maximum absolute atomic E-state index is 12.4. The molecule has 0 fully saturated rings. The van der Waals surface area contributed by atoms with Gasteiger partial charge in [-0.05, 0) is 43.7 Å². The highest BCUT2D eigenvalue weighted by Gasteiger charge is 2.16. The second-order valence-electron chi connectivity index (χ2n) is 6.57. The third-order valence-corrected chi connectivity index (χ3v) is 6.09. The van der Waals surface area contributed by atoms with Gasteiger partial charge >= 0.3 is 0 Å². The number of nitrogens with one attached hydrogen (secondary N) is 2. The zero-order valence-electron chi connectivity index (χ0n) is 16.3. The van der Waals surface area contributed by atoms with E-state index in [1.54, 1.807) is 42.2 Å². The van der Waals surface area contributed by atoms with Gasteiger partial charge in [-0.2, -0.15) is 0 Å². The molecule has 0 aliphatic heterocycles. The van der Waals surface area contributed by atoms with Crippen LogP contribution >= 0.6 is 23.1 Å². The number of hydrogen-bond donors (Lipinski definition) is 2. The predicted molar refractivity (Wildman–Crippen MR) is 118 cm³/mol. The lowest BCUT2D eigenvalue weighted by atomic mass is 10.2. The molecule has 2 N–H and O–H groups in total. The minimum atomic E-state index is -0.617. The van der Waals surface area contributed by atoms with Crippen molar-refractivity contribution < 1.29 is 9.59 Å². The Morgan fingerprint density at radius 1 is 1.10 bits per heavy atom. The molecule has 5 nitrogen and oxygen atoms in total. The summed E-state index contributed by atoms with van der Waals surface area (Å²) in [6, 6.07) is 16.4. The lowest BCUT2D eigenvalue weighted by molar-refractivity contribution is -0.122. The average molecular weight is 426 g/mol. The smallest absolute Gasteiger partial charge is 0.251 e. The summed E-state index contributed by atoms with van der Waals surface area (Å²) < 4.78 is 0. The van der Waals surface area contributed by atoms with Gasteiger partial charge in [-0.1, -0.05) is 30.3 Å². The number of nitrogens with zero attached hydrogens (tertiary/aromatic N) is 1. The first kappa shape index (κ1) is 21.1. The standard InChI is InChI=1S/C22H23N3O2S2/c1-15(21(26)23-12-17-6-4-3-5-7-17)24-22(27)18-8-10-20(11-9-18)29-14-19-13-28-16(2)25-19/h3-11,13,15H,12,14H2,1-2H3,(H,23,26)(H,24,27). The molecule has 0 saturated carbocycles. The summed E-state index contributed by atoms with van der Waals surface area (Å²) in [6.45, 7) is 4.11. The third-order valence-electron chi connectivity index (χ3n) is 4.22. The second kappa shape index (κ2) is 10.2. The summed E-state index contributed by atoms with van der Waals surface area (Å²) >= 11 is 3.32. The van der Waals surface area contributed by atoms with Crippen LogP contribution in [0.4, 0.5) is 0 Å². The number of amides is 2. The number of benzene rings is 2. The molecule has 3 rings (SSSR count). The van der Waals surface area contributed by atoms with Crippen LogP contribution in [0.15, 0.2) is 64.9 Å². The molecular formula is C22H23N3O2S2. The van der Waals surface area contributed by atoms with Crippen molar-refractivity contribution in [1.82, 2.24) is 15.6 Å². The Balaban J connectivity index is 1.47. The van der Waals surface area contributed by atoms with E-state index in [9.17, 15) is 9.59 Å². The molecule has 0 spiro atoms. The number of aryl methyl sites for hydroxylation is 1. The number of rotatable bonds is 8. The van der Waals surface area contributed by atoms with Gasteiger partial charge in [0.1, 0.15) is 6.04 Å². The van der Waals surface area contributed by atoms with Crippen LogP contribution in [0.2, 0.25) is 0 Å². The molecular weight excluding hydrogens is 402 g/mol. The maximum atomic E-state index is 12.4. The van der Waals surface area contributed by atoms with E-state index in [-0.39, 0.29) is 11.8 Å². The van der Waals surface area contributed by atoms with Crippen LogP contribution in [0.1, 0.15) is 33.5 Å². The highest BCUT2D eigenvalue weighted by Crippen LogP contribution is 2.23. The molecule has 150 valence electrons. The van der Waals surface area contributed by atoms with E-state index in [0.717, 1.165) is 26.9 Å². The molecule has 2 aromatic carbocycles. The van der Waals surface area contributed by atoms with Gasteiger partial charge in [0.25, 0.3) is 5.91 Å². The maximum Gasteiger partial charge on any atom is 0.251 e. The molecule has 0 aliphatic rings. The average Bonchev–Trinajstić information content (AvgIpc) is 3.16. The molecule has 3 aromatic rings. The van der Waals surface area contributed by atoms with Crippen LogP contribution in [0.5, 0.6) is 0 Å². The number of hydrogen-bond acceptors (Lipinski definition) is 5. The fourth-order valence-corrected chi connectivity index (χ4v) is 4.13.